The van der Waals surface area contributed by atoms with Crippen LogP contribution in [0.3, 0.4) is 0 Å². The summed E-state index contributed by atoms with van der Waals surface area (Å²) in [5.74, 6) is 0.373. The number of hydrogen-bond acceptors (Lipinski definition) is 3. The van der Waals surface area contributed by atoms with Gasteiger partial charge < -0.3 is 5.11 Å². The van der Waals surface area contributed by atoms with Gasteiger partial charge in [0.25, 0.3) is 0 Å². The Labute approximate surface area is 79.6 Å². The Hall–Kier alpha value is -0.480. The van der Waals surface area contributed by atoms with Gasteiger partial charge in [0.2, 0.25) is 0 Å². The minimum atomic E-state index is -0.731. The summed E-state index contributed by atoms with van der Waals surface area (Å²) in [6, 6.07) is 2.08. The standard InChI is InChI=1S/C8H10O2S2/c9-8(10)6-12-4-2-7-1-3-11-5-7/h1,3,5H,2,4,6H2,(H,9,10). The third-order valence-corrected chi connectivity index (χ3v) is 3.02. The van der Waals surface area contributed by atoms with E-state index in [1.54, 1.807) is 11.3 Å². The lowest BCUT2D eigenvalue weighted by molar-refractivity contribution is -0.133. The minimum Gasteiger partial charge on any atom is -0.481 e. The predicted octanol–water partition coefficient (Wildman–Crippen LogP) is 2.11. The van der Waals surface area contributed by atoms with Gasteiger partial charge in [-0.15, -0.1) is 11.8 Å². The SMILES string of the molecule is O=C(O)CSCCc1ccsc1. The van der Waals surface area contributed by atoms with E-state index in [9.17, 15) is 4.79 Å². The Bertz CT molecular complexity index is 231. The van der Waals surface area contributed by atoms with Crippen LogP contribution in [0.1, 0.15) is 5.56 Å². The largest absolute Gasteiger partial charge is 0.481 e. The van der Waals surface area contributed by atoms with Gasteiger partial charge in [-0.3, -0.25) is 4.79 Å². The third-order valence-electron chi connectivity index (χ3n) is 1.34. The van der Waals surface area contributed by atoms with Crippen LogP contribution >= 0.6 is 23.1 Å². The molecule has 0 amide bonds. The predicted molar refractivity (Wildman–Crippen MR) is 53.0 cm³/mol. The van der Waals surface area contributed by atoms with Crippen molar-refractivity contribution in [3.8, 4) is 0 Å². The van der Waals surface area contributed by atoms with E-state index < -0.39 is 5.97 Å². The number of aliphatic carboxylic acids is 1. The Kier molecular flexibility index (Phi) is 4.18. The number of carboxylic acids is 1. The van der Waals surface area contributed by atoms with Crippen molar-refractivity contribution in [2.24, 2.45) is 0 Å². The van der Waals surface area contributed by atoms with Crippen molar-refractivity contribution in [1.82, 2.24) is 0 Å². The van der Waals surface area contributed by atoms with Crippen molar-refractivity contribution in [3.05, 3.63) is 22.4 Å². The molecule has 0 saturated carbocycles. The van der Waals surface area contributed by atoms with E-state index in [0.717, 1.165) is 12.2 Å². The minimum absolute atomic E-state index is 0.212. The molecule has 1 aromatic rings. The van der Waals surface area contributed by atoms with Crippen molar-refractivity contribution >= 4 is 29.1 Å². The van der Waals surface area contributed by atoms with Crippen molar-refractivity contribution in [3.63, 3.8) is 0 Å². The van der Waals surface area contributed by atoms with E-state index in [1.165, 1.54) is 17.3 Å². The highest BCUT2D eigenvalue weighted by molar-refractivity contribution is 7.99. The Morgan fingerprint density at radius 1 is 1.67 bits per heavy atom. The van der Waals surface area contributed by atoms with Gasteiger partial charge in [0.1, 0.15) is 0 Å². The molecule has 0 unspecified atom stereocenters. The first-order valence-electron chi connectivity index (χ1n) is 3.59. The number of rotatable bonds is 5. The second-order valence-corrected chi connectivity index (χ2v) is 4.21. The fourth-order valence-corrected chi connectivity index (χ4v) is 2.19. The molecule has 0 aliphatic heterocycles. The number of carboxylic acid groups (broad SMARTS) is 1. The Morgan fingerprint density at radius 2 is 2.50 bits per heavy atom. The Morgan fingerprint density at radius 3 is 3.08 bits per heavy atom. The molecule has 0 aliphatic rings. The summed E-state index contributed by atoms with van der Waals surface area (Å²) >= 11 is 3.14. The monoisotopic (exact) mass is 202 g/mol. The molecular formula is C8H10O2S2. The summed E-state index contributed by atoms with van der Waals surface area (Å²) in [6.45, 7) is 0. The molecule has 0 spiro atoms. The lowest BCUT2D eigenvalue weighted by Crippen LogP contribution is -1.99. The third kappa shape index (κ3) is 3.78. The molecule has 4 heteroatoms. The van der Waals surface area contributed by atoms with E-state index in [1.807, 2.05) is 5.38 Å². The van der Waals surface area contributed by atoms with Crippen LogP contribution in [0.15, 0.2) is 16.8 Å². The second kappa shape index (κ2) is 5.22. The summed E-state index contributed by atoms with van der Waals surface area (Å²) in [5, 5.41) is 12.5. The zero-order valence-corrected chi connectivity index (χ0v) is 8.16. The summed E-state index contributed by atoms with van der Waals surface area (Å²) in [5.41, 5.74) is 1.30. The van der Waals surface area contributed by atoms with Crippen LogP contribution in [-0.4, -0.2) is 22.6 Å². The maximum Gasteiger partial charge on any atom is 0.313 e. The molecule has 0 radical (unpaired) electrons. The van der Waals surface area contributed by atoms with Crippen LogP contribution in [0.5, 0.6) is 0 Å². The number of thioether (sulfide) groups is 1. The zero-order chi connectivity index (χ0) is 8.81. The normalized spacial score (nSPS) is 10.0. The summed E-state index contributed by atoms with van der Waals surface area (Å²) < 4.78 is 0. The highest BCUT2D eigenvalue weighted by Gasteiger charge is 1.97. The molecule has 0 bridgehead atoms. The highest BCUT2D eigenvalue weighted by Crippen LogP contribution is 2.10. The van der Waals surface area contributed by atoms with Crippen LogP contribution in [0.25, 0.3) is 0 Å². The number of hydrogen-bond donors (Lipinski definition) is 1. The summed E-state index contributed by atoms with van der Waals surface area (Å²) in [6.07, 6.45) is 0.974. The molecular weight excluding hydrogens is 192 g/mol. The fourth-order valence-electron chi connectivity index (χ4n) is 0.784. The average molecular weight is 202 g/mol. The molecule has 1 rings (SSSR count). The zero-order valence-electron chi connectivity index (χ0n) is 6.53. The molecule has 1 aromatic heterocycles. The lowest BCUT2D eigenvalue weighted by Gasteiger charge is -1.95. The van der Waals surface area contributed by atoms with Crippen molar-refractivity contribution < 1.29 is 9.90 Å². The van der Waals surface area contributed by atoms with Gasteiger partial charge in [0, 0.05) is 0 Å². The van der Waals surface area contributed by atoms with Gasteiger partial charge in [-0.25, -0.2) is 0 Å². The topological polar surface area (TPSA) is 37.3 Å². The molecule has 0 fully saturated rings. The van der Waals surface area contributed by atoms with Gasteiger partial charge in [0.05, 0.1) is 5.75 Å². The number of carbonyl (C=O) groups is 1. The molecule has 0 aromatic carbocycles. The summed E-state index contributed by atoms with van der Waals surface area (Å²) in [7, 11) is 0. The quantitative estimate of drug-likeness (QED) is 0.743. The maximum atomic E-state index is 10.1. The Balaban J connectivity index is 2.07. The smallest absolute Gasteiger partial charge is 0.313 e. The second-order valence-electron chi connectivity index (χ2n) is 2.33. The summed E-state index contributed by atoms with van der Waals surface area (Å²) in [4.78, 5) is 10.1. The van der Waals surface area contributed by atoms with E-state index in [4.69, 9.17) is 5.11 Å². The first kappa shape index (κ1) is 9.61. The van der Waals surface area contributed by atoms with Gasteiger partial charge in [-0.1, -0.05) is 0 Å². The maximum absolute atomic E-state index is 10.1. The number of aryl methyl sites for hydroxylation is 1. The first-order chi connectivity index (χ1) is 5.79. The van der Waals surface area contributed by atoms with Crippen LogP contribution in [0.2, 0.25) is 0 Å². The molecule has 1 N–H and O–H groups in total. The molecule has 12 heavy (non-hydrogen) atoms. The van der Waals surface area contributed by atoms with Crippen molar-refractivity contribution in [2.75, 3.05) is 11.5 Å². The van der Waals surface area contributed by atoms with E-state index in [2.05, 4.69) is 11.4 Å². The van der Waals surface area contributed by atoms with Crippen molar-refractivity contribution in [2.45, 2.75) is 6.42 Å². The van der Waals surface area contributed by atoms with Gasteiger partial charge in [-0.05, 0) is 34.6 Å². The number of thiophene rings is 1. The van der Waals surface area contributed by atoms with Crippen LogP contribution in [0, 0.1) is 0 Å². The van der Waals surface area contributed by atoms with E-state index in [0.29, 0.717) is 0 Å². The van der Waals surface area contributed by atoms with Gasteiger partial charge >= 0.3 is 5.97 Å². The van der Waals surface area contributed by atoms with Gasteiger partial charge in [0.15, 0.2) is 0 Å². The fraction of sp³-hybridized carbons (Fsp3) is 0.375. The van der Waals surface area contributed by atoms with Crippen LogP contribution < -0.4 is 0 Å². The first-order valence-corrected chi connectivity index (χ1v) is 5.69. The molecule has 0 aliphatic carbocycles. The highest BCUT2D eigenvalue weighted by atomic mass is 32.2. The van der Waals surface area contributed by atoms with Crippen LogP contribution in [0.4, 0.5) is 0 Å². The average Bonchev–Trinajstić information content (AvgIpc) is 2.49. The molecule has 2 nitrogen and oxygen atoms in total. The van der Waals surface area contributed by atoms with E-state index in [-0.39, 0.29) is 5.75 Å². The molecule has 1 heterocycles. The van der Waals surface area contributed by atoms with Crippen LogP contribution in [-0.2, 0) is 11.2 Å². The molecule has 0 atom stereocenters. The molecule has 66 valence electrons. The van der Waals surface area contributed by atoms with E-state index >= 15 is 0 Å². The van der Waals surface area contributed by atoms with Crippen molar-refractivity contribution in [1.29, 1.82) is 0 Å². The van der Waals surface area contributed by atoms with Gasteiger partial charge in [-0.2, -0.15) is 11.3 Å². The lowest BCUT2D eigenvalue weighted by atomic mass is 10.3. The molecule has 0 saturated heterocycles.